The number of halogens is 1. The molecule has 6 heteroatoms. The normalized spacial score (nSPS) is 10.1. The number of benzene rings is 1. The van der Waals surface area contributed by atoms with Crippen LogP contribution in [0.5, 0.6) is 5.75 Å². The van der Waals surface area contributed by atoms with Crippen molar-refractivity contribution in [2.24, 2.45) is 0 Å². The molecule has 0 amide bonds. The minimum Gasteiger partial charge on any atom is -0.493 e. The number of rotatable bonds is 6. The quantitative estimate of drug-likeness (QED) is 0.812. The summed E-state index contributed by atoms with van der Waals surface area (Å²) in [5.74, 6) is -3.31. The fraction of sp³-hybridized carbons (Fsp3) is 0.333. The van der Waals surface area contributed by atoms with Gasteiger partial charge in [0.2, 0.25) is 0 Å². The van der Waals surface area contributed by atoms with Crippen LogP contribution in [0.2, 0.25) is 0 Å². The second-order valence-corrected chi connectivity index (χ2v) is 3.71. The van der Waals surface area contributed by atoms with Crippen molar-refractivity contribution in [3.63, 3.8) is 0 Å². The van der Waals surface area contributed by atoms with E-state index >= 15 is 0 Å². The van der Waals surface area contributed by atoms with Gasteiger partial charge in [0.1, 0.15) is 5.56 Å². The number of aryl methyl sites for hydroxylation is 1. The van der Waals surface area contributed by atoms with Crippen LogP contribution < -0.4 is 4.74 Å². The van der Waals surface area contributed by atoms with Crippen LogP contribution in [0.4, 0.5) is 4.39 Å². The Labute approximate surface area is 103 Å². The van der Waals surface area contributed by atoms with Gasteiger partial charge in [0.05, 0.1) is 7.11 Å². The van der Waals surface area contributed by atoms with E-state index in [1.807, 2.05) is 0 Å². The van der Waals surface area contributed by atoms with Crippen molar-refractivity contribution in [2.75, 3.05) is 7.11 Å². The molecule has 0 fully saturated rings. The first kappa shape index (κ1) is 14.0. The summed E-state index contributed by atoms with van der Waals surface area (Å²) in [6.45, 7) is 0. The molecule has 0 saturated carbocycles. The van der Waals surface area contributed by atoms with Crippen molar-refractivity contribution in [1.29, 1.82) is 0 Å². The zero-order chi connectivity index (χ0) is 13.7. The van der Waals surface area contributed by atoms with E-state index in [0.29, 0.717) is 18.4 Å². The second kappa shape index (κ2) is 6.00. The molecule has 0 aliphatic carbocycles. The smallest absolute Gasteiger partial charge is 0.339 e. The molecule has 98 valence electrons. The molecule has 2 N–H and O–H groups in total. The lowest BCUT2D eigenvalue weighted by Gasteiger charge is -2.09. The highest BCUT2D eigenvalue weighted by molar-refractivity contribution is 5.91. The summed E-state index contributed by atoms with van der Waals surface area (Å²) < 4.78 is 18.2. The van der Waals surface area contributed by atoms with E-state index in [0.717, 1.165) is 6.07 Å². The topological polar surface area (TPSA) is 83.8 Å². The molecule has 0 aliphatic rings. The van der Waals surface area contributed by atoms with E-state index in [4.69, 9.17) is 10.2 Å². The minimum absolute atomic E-state index is 0.0456. The van der Waals surface area contributed by atoms with Crippen LogP contribution in [0.25, 0.3) is 0 Å². The number of aromatic carboxylic acids is 1. The Balaban J connectivity index is 2.94. The Morgan fingerprint density at radius 3 is 2.50 bits per heavy atom. The van der Waals surface area contributed by atoms with Crippen LogP contribution in [-0.4, -0.2) is 29.3 Å². The number of hydrogen-bond donors (Lipinski definition) is 2. The highest BCUT2D eigenvalue weighted by atomic mass is 19.1. The molecular weight excluding hydrogens is 243 g/mol. The van der Waals surface area contributed by atoms with E-state index in [2.05, 4.69) is 4.74 Å². The zero-order valence-electron chi connectivity index (χ0n) is 9.77. The summed E-state index contributed by atoms with van der Waals surface area (Å²) in [5, 5.41) is 17.4. The minimum atomic E-state index is -1.29. The van der Waals surface area contributed by atoms with Gasteiger partial charge in [-0.2, -0.15) is 0 Å². The maximum absolute atomic E-state index is 13.6. The van der Waals surface area contributed by atoms with E-state index < -0.39 is 17.8 Å². The van der Waals surface area contributed by atoms with Crippen LogP contribution in [0, 0.1) is 5.82 Å². The molecule has 0 radical (unpaired) electrons. The molecule has 0 aliphatic heterocycles. The van der Waals surface area contributed by atoms with Crippen LogP contribution in [0.3, 0.4) is 0 Å². The summed E-state index contributed by atoms with van der Waals surface area (Å²) in [7, 11) is 1.19. The molecule has 1 aromatic rings. The number of carbonyl (C=O) groups is 2. The molecule has 0 aromatic heterocycles. The number of aliphatic carboxylic acids is 1. The van der Waals surface area contributed by atoms with Gasteiger partial charge in [0.15, 0.2) is 11.6 Å². The van der Waals surface area contributed by atoms with Gasteiger partial charge in [-0.3, -0.25) is 4.79 Å². The number of hydrogen-bond acceptors (Lipinski definition) is 3. The van der Waals surface area contributed by atoms with Gasteiger partial charge in [-0.25, -0.2) is 9.18 Å². The molecule has 0 saturated heterocycles. The van der Waals surface area contributed by atoms with Crippen molar-refractivity contribution in [3.8, 4) is 5.75 Å². The molecule has 18 heavy (non-hydrogen) atoms. The van der Waals surface area contributed by atoms with E-state index in [1.165, 1.54) is 13.2 Å². The highest BCUT2D eigenvalue weighted by Crippen LogP contribution is 2.25. The third-order valence-electron chi connectivity index (χ3n) is 2.39. The standard InChI is InChI=1S/C12H13FO5/c1-18-11-8(12(16)17)5-7(6-9(11)13)3-2-4-10(14)15/h5-6H,2-4H2,1H3,(H,14,15)(H,16,17). The SMILES string of the molecule is COc1c(F)cc(CCCC(=O)O)cc1C(=O)O. The Kier molecular flexibility index (Phi) is 4.65. The monoisotopic (exact) mass is 256 g/mol. The first-order chi connectivity index (χ1) is 8.45. The summed E-state index contributed by atoms with van der Waals surface area (Å²) >= 11 is 0. The van der Waals surface area contributed by atoms with Crippen molar-refractivity contribution in [1.82, 2.24) is 0 Å². The maximum atomic E-state index is 13.6. The first-order valence-electron chi connectivity index (χ1n) is 5.27. The zero-order valence-corrected chi connectivity index (χ0v) is 9.77. The van der Waals surface area contributed by atoms with Crippen LogP contribution >= 0.6 is 0 Å². The van der Waals surface area contributed by atoms with Gasteiger partial charge >= 0.3 is 11.9 Å². The van der Waals surface area contributed by atoms with E-state index in [1.54, 1.807) is 0 Å². The molecule has 0 heterocycles. The van der Waals surface area contributed by atoms with Crippen molar-refractivity contribution < 1.29 is 28.9 Å². The van der Waals surface area contributed by atoms with Crippen LogP contribution in [0.15, 0.2) is 12.1 Å². The van der Waals surface area contributed by atoms with Crippen molar-refractivity contribution in [2.45, 2.75) is 19.3 Å². The molecular formula is C12H13FO5. The second-order valence-electron chi connectivity index (χ2n) is 3.71. The highest BCUT2D eigenvalue weighted by Gasteiger charge is 2.17. The van der Waals surface area contributed by atoms with Gasteiger partial charge in [0.25, 0.3) is 0 Å². The van der Waals surface area contributed by atoms with Gasteiger partial charge in [-0.1, -0.05) is 0 Å². The van der Waals surface area contributed by atoms with Crippen molar-refractivity contribution >= 4 is 11.9 Å². The summed E-state index contributed by atoms with van der Waals surface area (Å²) in [6, 6.07) is 2.46. The molecule has 0 spiro atoms. The molecule has 0 unspecified atom stereocenters. The Hall–Kier alpha value is -2.11. The summed E-state index contributed by atoms with van der Waals surface area (Å²) in [4.78, 5) is 21.3. The predicted octanol–water partition coefficient (Wildman–Crippen LogP) is 1.94. The molecule has 1 aromatic carbocycles. The maximum Gasteiger partial charge on any atom is 0.339 e. The lowest BCUT2D eigenvalue weighted by atomic mass is 10.0. The number of carboxylic acid groups (broad SMARTS) is 2. The van der Waals surface area contributed by atoms with Gasteiger partial charge in [0, 0.05) is 6.42 Å². The summed E-state index contributed by atoms with van der Waals surface area (Å²) in [5.41, 5.74) is 0.176. The molecule has 1 rings (SSSR count). The van der Waals surface area contributed by atoms with Crippen LogP contribution in [0.1, 0.15) is 28.8 Å². The molecule has 0 bridgehead atoms. The van der Waals surface area contributed by atoms with Gasteiger partial charge in [-0.15, -0.1) is 0 Å². The predicted molar refractivity (Wildman–Crippen MR) is 60.5 cm³/mol. The van der Waals surface area contributed by atoms with E-state index in [-0.39, 0.29) is 17.7 Å². The Morgan fingerprint density at radius 1 is 1.33 bits per heavy atom. The third kappa shape index (κ3) is 3.44. The van der Waals surface area contributed by atoms with Crippen molar-refractivity contribution in [3.05, 3.63) is 29.1 Å². The lowest BCUT2D eigenvalue weighted by Crippen LogP contribution is -2.05. The fourth-order valence-corrected chi connectivity index (χ4v) is 1.60. The summed E-state index contributed by atoms with van der Waals surface area (Å²) in [6.07, 6.45) is 0.573. The average Bonchev–Trinajstić information content (AvgIpc) is 2.27. The number of methoxy groups -OCH3 is 1. The lowest BCUT2D eigenvalue weighted by molar-refractivity contribution is -0.137. The fourth-order valence-electron chi connectivity index (χ4n) is 1.60. The largest absolute Gasteiger partial charge is 0.493 e. The molecule has 0 atom stereocenters. The number of carboxylic acids is 2. The van der Waals surface area contributed by atoms with Gasteiger partial charge < -0.3 is 14.9 Å². The Morgan fingerprint density at radius 2 is 2.00 bits per heavy atom. The van der Waals surface area contributed by atoms with Crippen LogP contribution in [-0.2, 0) is 11.2 Å². The first-order valence-corrected chi connectivity index (χ1v) is 5.27. The van der Waals surface area contributed by atoms with Gasteiger partial charge in [-0.05, 0) is 30.5 Å². The number of ether oxygens (including phenoxy) is 1. The molecule has 5 nitrogen and oxygen atoms in total. The third-order valence-corrected chi connectivity index (χ3v) is 2.39. The Bertz CT molecular complexity index is 470. The average molecular weight is 256 g/mol. The van der Waals surface area contributed by atoms with E-state index in [9.17, 15) is 14.0 Å².